The van der Waals surface area contributed by atoms with E-state index in [-0.39, 0.29) is 12.5 Å². The molecule has 1 saturated heterocycles. The van der Waals surface area contributed by atoms with Crippen LogP contribution in [0.25, 0.3) is 0 Å². The predicted octanol–water partition coefficient (Wildman–Crippen LogP) is 2.44. The van der Waals surface area contributed by atoms with E-state index < -0.39 is 23.4 Å². The Hall–Kier alpha value is -3.48. The number of aliphatic carboxylic acids is 2. The topological polar surface area (TPSA) is 143 Å². The number of hydrogen-bond acceptors (Lipinski definition) is 9. The van der Waals surface area contributed by atoms with Crippen LogP contribution >= 0.6 is 11.3 Å². The third kappa shape index (κ3) is 8.27. The molecule has 0 saturated carbocycles. The van der Waals surface area contributed by atoms with Gasteiger partial charge in [-0.2, -0.15) is 11.3 Å². The SMILES string of the molecule is COC(=O)C1(N(OCc2ccccc2OC)C(C)=O)CCN(CCc2ccsc2)CC1.O=C(O)C(=O)O. The molecule has 2 N–H and O–H groups in total. The number of esters is 1. The number of hydroxylamine groups is 2. The molecule has 1 aliphatic heterocycles. The standard InChI is InChI=1S/C23H30N2O5S.C2H2O4/c1-18(26)25(30-16-20-6-4-5-7-21(20)28-2)23(22(27)29-3)10-13-24(14-11-23)12-8-19-9-15-31-17-19;3-1(4)2(5)6/h4-7,9,15,17H,8,10-14,16H2,1-3H3;(H,3,4)(H,5,6). The number of carbonyl (C=O) groups is 4. The molecule has 37 heavy (non-hydrogen) atoms. The lowest BCUT2D eigenvalue weighted by Gasteiger charge is -2.45. The number of rotatable bonds is 9. The molecule has 0 bridgehead atoms. The number of carbonyl (C=O) groups excluding carboxylic acids is 2. The summed E-state index contributed by atoms with van der Waals surface area (Å²) >= 11 is 1.70. The molecule has 3 rings (SSSR count). The van der Waals surface area contributed by atoms with Gasteiger partial charge in [-0.25, -0.2) is 19.4 Å². The van der Waals surface area contributed by atoms with Crippen molar-refractivity contribution in [3.05, 3.63) is 52.2 Å². The summed E-state index contributed by atoms with van der Waals surface area (Å²) in [6.45, 7) is 3.80. The van der Waals surface area contributed by atoms with Gasteiger partial charge in [-0.1, -0.05) is 18.2 Å². The smallest absolute Gasteiger partial charge is 0.414 e. The van der Waals surface area contributed by atoms with E-state index in [1.54, 1.807) is 18.4 Å². The number of amides is 1. The van der Waals surface area contributed by atoms with Crippen LogP contribution in [0.3, 0.4) is 0 Å². The Morgan fingerprint density at radius 3 is 2.22 bits per heavy atom. The molecule has 1 aromatic heterocycles. The minimum atomic E-state index is -1.82. The lowest BCUT2D eigenvalue weighted by Crippen LogP contribution is -2.61. The zero-order chi connectivity index (χ0) is 27.4. The van der Waals surface area contributed by atoms with Crippen molar-refractivity contribution >= 4 is 35.2 Å². The van der Waals surface area contributed by atoms with E-state index in [0.29, 0.717) is 31.7 Å². The zero-order valence-electron chi connectivity index (χ0n) is 21.0. The Morgan fingerprint density at radius 2 is 1.70 bits per heavy atom. The molecular formula is C25H32N2O9S. The number of benzene rings is 1. The van der Waals surface area contributed by atoms with Crippen LogP contribution in [0.15, 0.2) is 41.1 Å². The Bertz CT molecular complexity index is 1040. The lowest BCUT2D eigenvalue weighted by molar-refractivity contribution is -0.240. The van der Waals surface area contributed by atoms with Crippen molar-refractivity contribution in [1.82, 2.24) is 9.96 Å². The van der Waals surface area contributed by atoms with Crippen molar-refractivity contribution in [2.75, 3.05) is 33.9 Å². The van der Waals surface area contributed by atoms with Gasteiger partial charge >= 0.3 is 17.9 Å². The molecule has 2 aromatic rings. The van der Waals surface area contributed by atoms with Gasteiger partial charge in [-0.05, 0) is 47.7 Å². The number of methoxy groups -OCH3 is 2. The second-order valence-corrected chi connectivity index (χ2v) is 9.04. The third-order valence-electron chi connectivity index (χ3n) is 5.94. The van der Waals surface area contributed by atoms with Gasteiger partial charge in [0.2, 0.25) is 5.91 Å². The summed E-state index contributed by atoms with van der Waals surface area (Å²) in [5.41, 5.74) is 0.978. The molecule has 1 aliphatic rings. The van der Waals surface area contributed by atoms with E-state index in [2.05, 4.69) is 21.7 Å². The molecule has 1 amide bonds. The molecule has 2 heterocycles. The Balaban J connectivity index is 0.000000717. The van der Waals surface area contributed by atoms with Crippen molar-refractivity contribution < 1.29 is 43.7 Å². The number of likely N-dealkylation sites (tertiary alicyclic amines) is 1. The summed E-state index contributed by atoms with van der Waals surface area (Å²) in [6, 6.07) is 9.58. The maximum atomic E-state index is 12.9. The molecule has 202 valence electrons. The fraction of sp³-hybridized carbons (Fsp3) is 0.440. The van der Waals surface area contributed by atoms with Gasteiger partial charge in [0, 0.05) is 32.1 Å². The van der Waals surface area contributed by atoms with E-state index in [0.717, 1.165) is 18.5 Å². The highest BCUT2D eigenvalue weighted by molar-refractivity contribution is 7.07. The lowest BCUT2D eigenvalue weighted by atomic mass is 9.86. The summed E-state index contributed by atoms with van der Waals surface area (Å²) < 4.78 is 10.5. The Labute approximate surface area is 219 Å². The molecule has 0 atom stereocenters. The second-order valence-electron chi connectivity index (χ2n) is 8.26. The number of ether oxygens (including phenoxy) is 2. The van der Waals surface area contributed by atoms with Gasteiger partial charge in [0.15, 0.2) is 5.54 Å². The van der Waals surface area contributed by atoms with Crippen LogP contribution in [0, 0.1) is 0 Å². The fourth-order valence-corrected chi connectivity index (χ4v) is 4.72. The van der Waals surface area contributed by atoms with Gasteiger partial charge in [0.05, 0.1) is 14.2 Å². The maximum absolute atomic E-state index is 12.9. The second kappa shape index (κ2) is 14.3. The summed E-state index contributed by atoms with van der Waals surface area (Å²) in [5, 5.41) is 20.2. The van der Waals surface area contributed by atoms with Crippen molar-refractivity contribution in [2.24, 2.45) is 0 Å². The quantitative estimate of drug-likeness (QED) is 0.279. The monoisotopic (exact) mass is 536 g/mol. The third-order valence-corrected chi connectivity index (χ3v) is 6.68. The highest BCUT2D eigenvalue weighted by Crippen LogP contribution is 2.32. The highest BCUT2D eigenvalue weighted by Gasteiger charge is 2.50. The Morgan fingerprint density at radius 1 is 1.05 bits per heavy atom. The molecule has 1 fully saturated rings. The number of carboxylic acid groups (broad SMARTS) is 2. The van der Waals surface area contributed by atoms with E-state index in [1.165, 1.54) is 24.7 Å². The van der Waals surface area contributed by atoms with Crippen LogP contribution in [-0.4, -0.2) is 83.4 Å². The normalized spacial score (nSPS) is 14.6. The first-order valence-corrected chi connectivity index (χ1v) is 12.4. The summed E-state index contributed by atoms with van der Waals surface area (Å²) in [7, 11) is 2.94. The largest absolute Gasteiger partial charge is 0.496 e. The predicted molar refractivity (Wildman–Crippen MR) is 134 cm³/mol. The first-order valence-electron chi connectivity index (χ1n) is 11.5. The molecule has 0 aliphatic carbocycles. The molecule has 1 aromatic carbocycles. The van der Waals surface area contributed by atoms with Crippen molar-refractivity contribution in [3.8, 4) is 5.75 Å². The van der Waals surface area contributed by atoms with Crippen molar-refractivity contribution in [2.45, 2.75) is 38.3 Å². The first-order chi connectivity index (χ1) is 17.6. The van der Waals surface area contributed by atoms with E-state index in [1.807, 2.05) is 24.3 Å². The molecule has 11 nitrogen and oxygen atoms in total. The van der Waals surface area contributed by atoms with E-state index >= 15 is 0 Å². The van der Waals surface area contributed by atoms with Gasteiger partial charge in [-0.15, -0.1) is 0 Å². The van der Waals surface area contributed by atoms with Gasteiger partial charge < -0.3 is 24.6 Å². The van der Waals surface area contributed by atoms with Crippen LogP contribution in [-0.2, 0) is 41.8 Å². The fourth-order valence-electron chi connectivity index (χ4n) is 4.02. The van der Waals surface area contributed by atoms with Gasteiger partial charge in [0.1, 0.15) is 12.4 Å². The number of para-hydroxylation sites is 1. The number of nitrogens with zero attached hydrogens (tertiary/aromatic N) is 2. The molecular weight excluding hydrogens is 504 g/mol. The molecule has 0 spiro atoms. The minimum Gasteiger partial charge on any atom is -0.496 e. The molecule has 12 heteroatoms. The van der Waals surface area contributed by atoms with E-state index in [9.17, 15) is 9.59 Å². The summed E-state index contributed by atoms with van der Waals surface area (Å²) in [4.78, 5) is 51.9. The van der Waals surface area contributed by atoms with Crippen LogP contribution in [0.1, 0.15) is 30.9 Å². The van der Waals surface area contributed by atoms with Crippen LogP contribution in [0.2, 0.25) is 0 Å². The Kier molecular flexibility index (Phi) is 11.5. The minimum absolute atomic E-state index is 0.115. The van der Waals surface area contributed by atoms with Gasteiger partial charge in [-0.3, -0.25) is 9.63 Å². The number of thiophene rings is 1. The van der Waals surface area contributed by atoms with Crippen LogP contribution < -0.4 is 4.74 Å². The molecule has 0 unspecified atom stereocenters. The number of carboxylic acids is 2. The van der Waals surface area contributed by atoms with Crippen LogP contribution in [0.5, 0.6) is 5.75 Å². The molecule has 0 radical (unpaired) electrons. The number of piperidine rings is 1. The highest BCUT2D eigenvalue weighted by atomic mass is 32.1. The van der Waals surface area contributed by atoms with E-state index in [4.69, 9.17) is 34.1 Å². The zero-order valence-corrected chi connectivity index (χ0v) is 21.9. The summed E-state index contributed by atoms with van der Waals surface area (Å²) in [6.07, 6.45) is 1.87. The first kappa shape index (κ1) is 29.7. The maximum Gasteiger partial charge on any atom is 0.414 e. The average molecular weight is 537 g/mol. The number of hydrogen-bond donors (Lipinski definition) is 2. The van der Waals surface area contributed by atoms with Crippen LogP contribution in [0.4, 0.5) is 0 Å². The average Bonchev–Trinajstić information content (AvgIpc) is 3.42. The van der Waals surface area contributed by atoms with Gasteiger partial charge in [0.25, 0.3) is 0 Å². The van der Waals surface area contributed by atoms with Crippen molar-refractivity contribution in [3.63, 3.8) is 0 Å². The summed E-state index contributed by atoms with van der Waals surface area (Å²) in [5.74, 6) is -3.75. The van der Waals surface area contributed by atoms with Crippen molar-refractivity contribution in [1.29, 1.82) is 0 Å².